The lowest BCUT2D eigenvalue weighted by Crippen LogP contribution is -2.32. The van der Waals surface area contributed by atoms with E-state index < -0.39 is 0 Å². The summed E-state index contributed by atoms with van der Waals surface area (Å²) < 4.78 is 1.70. The Morgan fingerprint density at radius 1 is 1.28 bits per heavy atom. The fourth-order valence-electron chi connectivity index (χ4n) is 2.52. The number of urea groups is 1. The maximum atomic E-state index is 12.2. The number of aromatic nitrogens is 2. The number of nitrogens with zero attached hydrogens (tertiary/aromatic N) is 2. The molecule has 1 aromatic heterocycles. The predicted molar refractivity (Wildman–Crippen MR) is 103 cm³/mol. The zero-order valence-corrected chi connectivity index (χ0v) is 16.0. The van der Waals surface area contributed by atoms with Crippen molar-refractivity contribution in [3.8, 4) is 5.69 Å². The second-order valence-electron chi connectivity index (χ2n) is 7.79. The van der Waals surface area contributed by atoms with Crippen LogP contribution in [0, 0.1) is 12.8 Å². The van der Waals surface area contributed by atoms with Gasteiger partial charge in [0.1, 0.15) is 5.69 Å². The van der Waals surface area contributed by atoms with Crippen LogP contribution in [0.25, 0.3) is 5.69 Å². The number of hydrogen-bond acceptors (Lipinski definition) is 3. The van der Waals surface area contributed by atoms with Gasteiger partial charge in [-0.25, -0.2) is 9.48 Å². The standard InChI is InChI=1S/C19H29N5O/c1-12(2)11-21-18(25)22-15-16(19(4,5)6)23-24(17(15)20)14-10-8-7-9-13(14)3/h7-10,12H,11,20H2,1-6H3,(H2,21,22,25). The molecule has 0 radical (unpaired) electrons. The van der Waals surface area contributed by atoms with Gasteiger partial charge >= 0.3 is 6.03 Å². The van der Waals surface area contributed by atoms with E-state index >= 15 is 0 Å². The van der Waals surface area contributed by atoms with Gasteiger partial charge in [0.05, 0.1) is 11.4 Å². The van der Waals surface area contributed by atoms with Gasteiger partial charge in [0.15, 0.2) is 5.82 Å². The number of nitrogens with two attached hydrogens (primary N) is 1. The number of carbonyl (C=O) groups excluding carboxylic acids is 1. The first-order valence-electron chi connectivity index (χ1n) is 8.61. The monoisotopic (exact) mass is 343 g/mol. The van der Waals surface area contributed by atoms with E-state index in [0.29, 0.717) is 24.0 Å². The minimum Gasteiger partial charge on any atom is -0.382 e. The van der Waals surface area contributed by atoms with E-state index in [1.807, 2.05) is 65.8 Å². The summed E-state index contributed by atoms with van der Waals surface area (Å²) >= 11 is 0. The molecule has 2 aromatic rings. The number of nitrogen functional groups attached to an aromatic ring is 1. The molecule has 0 unspecified atom stereocenters. The van der Waals surface area contributed by atoms with Gasteiger partial charge in [-0.2, -0.15) is 5.10 Å². The number of amides is 2. The van der Waals surface area contributed by atoms with Crippen molar-refractivity contribution in [3.63, 3.8) is 0 Å². The van der Waals surface area contributed by atoms with Crippen LogP contribution in [0.1, 0.15) is 45.9 Å². The third-order valence-corrected chi connectivity index (χ3v) is 3.88. The van der Waals surface area contributed by atoms with E-state index in [-0.39, 0.29) is 11.4 Å². The van der Waals surface area contributed by atoms with Crippen molar-refractivity contribution < 1.29 is 4.79 Å². The molecule has 1 aromatic carbocycles. The highest BCUT2D eigenvalue weighted by atomic mass is 16.2. The summed E-state index contributed by atoms with van der Waals surface area (Å²) in [4.78, 5) is 12.2. The first-order chi connectivity index (χ1) is 11.6. The van der Waals surface area contributed by atoms with Crippen LogP contribution < -0.4 is 16.4 Å². The number of carbonyl (C=O) groups is 1. The first-order valence-corrected chi connectivity index (χ1v) is 8.61. The second kappa shape index (κ2) is 7.17. The van der Waals surface area contributed by atoms with E-state index in [0.717, 1.165) is 16.9 Å². The second-order valence-corrected chi connectivity index (χ2v) is 7.79. The van der Waals surface area contributed by atoms with E-state index in [9.17, 15) is 4.79 Å². The minimum absolute atomic E-state index is 0.261. The van der Waals surface area contributed by atoms with Crippen LogP contribution in [0.5, 0.6) is 0 Å². The molecule has 25 heavy (non-hydrogen) atoms. The lowest BCUT2D eigenvalue weighted by Gasteiger charge is -2.18. The van der Waals surface area contributed by atoms with Crippen molar-refractivity contribution in [2.45, 2.75) is 47.0 Å². The Morgan fingerprint density at radius 2 is 1.92 bits per heavy atom. The smallest absolute Gasteiger partial charge is 0.319 e. The number of hydrogen-bond donors (Lipinski definition) is 3. The number of nitrogens with one attached hydrogen (secondary N) is 2. The van der Waals surface area contributed by atoms with Gasteiger partial charge in [-0.3, -0.25) is 0 Å². The molecule has 6 nitrogen and oxygen atoms in total. The molecule has 6 heteroatoms. The summed E-state index contributed by atoms with van der Waals surface area (Å²) in [5.41, 5.74) is 9.39. The molecule has 2 rings (SSSR count). The Balaban J connectivity index is 2.45. The number of aryl methyl sites for hydroxylation is 1. The zero-order valence-electron chi connectivity index (χ0n) is 16.0. The van der Waals surface area contributed by atoms with Crippen LogP contribution in [-0.4, -0.2) is 22.4 Å². The summed E-state index contributed by atoms with van der Waals surface area (Å²) in [6.07, 6.45) is 0. The topological polar surface area (TPSA) is 85.0 Å². The van der Waals surface area contributed by atoms with Gasteiger partial charge in [-0.05, 0) is 24.5 Å². The van der Waals surface area contributed by atoms with Crippen LogP contribution in [-0.2, 0) is 5.41 Å². The third kappa shape index (κ3) is 4.32. The summed E-state index contributed by atoms with van der Waals surface area (Å²) in [5, 5.41) is 10.5. The van der Waals surface area contributed by atoms with Gasteiger partial charge in [-0.1, -0.05) is 52.8 Å². The first kappa shape index (κ1) is 18.8. The summed E-state index contributed by atoms with van der Waals surface area (Å²) in [6, 6.07) is 7.63. The molecule has 4 N–H and O–H groups in total. The van der Waals surface area contributed by atoms with E-state index in [1.54, 1.807) is 4.68 Å². The fourth-order valence-corrected chi connectivity index (χ4v) is 2.52. The third-order valence-electron chi connectivity index (χ3n) is 3.88. The quantitative estimate of drug-likeness (QED) is 0.788. The number of para-hydroxylation sites is 1. The Labute approximate surface area is 149 Å². The molecule has 0 bridgehead atoms. The van der Waals surface area contributed by atoms with Crippen molar-refractivity contribution in [1.29, 1.82) is 0 Å². The van der Waals surface area contributed by atoms with Gasteiger partial charge in [-0.15, -0.1) is 0 Å². The highest BCUT2D eigenvalue weighted by Crippen LogP contribution is 2.35. The highest BCUT2D eigenvalue weighted by Gasteiger charge is 2.27. The van der Waals surface area contributed by atoms with Crippen LogP contribution in [0.3, 0.4) is 0 Å². The lowest BCUT2D eigenvalue weighted by atomic mass is 9.91. The van der Waals surface area contributed by atoms with E-state index in [1.165, 1.54) is 0 Å². The molecule has 0 fully saturated rings. The van der Waals surface area contributed by atoms with Crippen molar-refractivity contribution >= 4 is 17.5 Å². The van der Waals surface area contributed by atoms with Crippen molar-refractivity contribution in [2.75, 3.05) is 17.6 Å². The SMILES string of the molecule is Cc1ccccc1-n1nc(C(C)(C)C)c(NC(=O)NCC(C)C)c1N. The van der Waals surface area contributed by atoms with Gasteiger partial charge in [0, 0.05) is 12.0 Å². The number of anilines is 2. The van der Waals surface area contributed by atoms with Crippen molar-refractivity contribution in [2.24, 2.45) is 5.92 Å². The Hall–Kier alpha value is -2.50. The molecule has 2 amide bonds. The largest absolute Gasteiger partial charge is 0.382 e. The normalized spacial score (nSPS) is 11.6. The molecular formula is C19H29N5O. The molecular weight excluding hydrogens is 314 g/mol. The Bertz CT molecular complexity index is 756. The van der Waals surface area contributed by atoms with Crippen LogP contribution >= 0.6 is 0 Å². The van der Waals surface area contributed by atoms with Crippen LogP contribution in [0.2, 0.25) is 0 Å². The predicted octanol–water partition coefficient (Wildman–Crippen LogP) is 3.84. The van der Waals surface area contributed by atoms with Gasteiger partial charge in [0.2, 0.25) is 0 Å². The summed E-state index contributed by atoms with van der Waals surface area (Å²) in [6.45, 7) is 12.9. The molecule has 136 valence electrons. The summed E-state index contributed by atoms with van der Waals surface area (Å²) in [7, 11) is 0. The Kier molecular flexibility index (Phi) is 5.40. The number of rotatable bonds is 4. The minimum atomic E-state index is -0.268. The molecule has 0 atom stereocenters. The molecule has 1 heterocycles. The summed E-state index contributed by atoms with van der Waals surface area (Å²) in [5.74, 6) is 0.804. The average Bonchev–Trinajstić information content (AvgIpc) is 2.83. The molecule has 0 saturated carbocycles. The molecule has 0 aliphatic carbocycles. The maximum absolute atomic E-state index is 12.2. The van der Waals surface area contributed by atoms with E-state index in [4.69, 9.17) is 10.8 Å². The van der Waals surface area contributed by atoms with Crippen molar-refractivity contribution in [3.05, 3.63) is 35.5 Å². The molecule has 0 aliphatic rings. The van der Waals surface area contributed by atoms with Gasteiger partial charge < -0.3 is 16.4 Å². The van der Waals surface area contributed by atoms with Crippen LogP contribution in [0.4, 0.5) is 16.3 Å². The molecule has 0 spiro atoms. The lowest BCUT2D eigenvalue weighted by molar-refractivity contribution is 0.251. The van der Waals surface area contributed by atoms with E-state index in [2.05, 4.69) is 10.6 Å². The fraction of sp³-hybridized carbons (Fsp3) is 0.474. The molecule has 0 aliphatic heterocycles. The zero-order chi connectivity index (χ0) is 18.8. The van der Waals surface area contributed by atoms with Gasteiger partial charge in [0.25, 0.3) is 0 Å². The molecule has 0 saturated heterocycles. The van der Waals surface area contributed by atoms with Crippen molar-refractivity contribution in [1.82, 2.24) is 15.1 Å². The average molecular weight is 343 g/mol. The maximum Gasteiger partial charge on any atom is 0.319 e. The van der Waals surface area contributed by atoms with Crippen LogP contribution in [0.15, 0.2) is 24.3 Å². The number of benzene rings is 1. The Morgan fingerprint density at radius 3 is 2.48 bits per heavy atom. The highest BCUT2D eigenvalue weighted by molar-refractivity contribution is 5.93.